The molecule has 0 bridgehead atoms. The van der Waals surface area contributed by atoms with Crippen LogP contribution in [0, 0.1) is 0 Å². The van der Waals surface area contributed by atoms with E-state index in [-0.39, 0.29) is 24.2 Å². The van der Waals surface area contributed by atoms with Gasteiger partial charge in [0.2, 0.25) is 0 Å². The van der Waals surface area contributed by atoms with Crippen molar-refractivity contribution in [3.05, 3.63) is 52.2 Å². The predicted molar refractivity (Wildman–Crippen MR) is 70.7 cm³/mol. The molecule has 0 saturated carbocycles. The van der Waals surface area contributed by atoms with E-state index in [9.17, 15) is 13.2 Å². The maximum atomic E-state index is 12.0. The highest BCUT2D eigenvalue weighted by molar-refractivity contribution is 7.10. The van der Waals surface area contributed by atoms with Crippen LogP contribution >= 0.6 is 23.7 Å². The van der Waals surface area contributed by atoms with Crippen LogP contribution in [-0.4, -0.2) is 6.36 Å². The van der Waals surface area contributed by atoms with Crippen LogP contribution in [0.25, 0.3) is 0 Å². The first-order valence-corrected chi connectivity index (χ1v) is 5.98. The van der Waals surface area contributed by atoms with Crippen LogP contribution in [0.3, 0.4) is 0 Å². The fourth-order valence-electron chi connectivity index (χ4n) is 1.51. The van der Waals surface area contributed by atoms with Gasteiger partial charge in [0.25, 0.3) is 0 Å². The van der Waals surface area contributed by atoms with Crippen molar-refractivity contribution in [1.82, 2.24) is 0 Å². The van der Waals surface area contributed by atoms with Gasteiger partial charge < -0.3 is 10.5 Å². The van der Waals surface area contributed by atoms with Crippen molar-refractivity contribution >= 4 is 23.7 Å². The van der Waals surface area contributed by atoms with Crippen molar-refractivity contribution in [2.45, 2.75) is 12.4 Å². The van der Waals surface area contributed by atoms with Gasteiger partial charge in [-0.1, -0.05) is 18.2 Å². The summed E-state index contributed by atoms with van der Waals surface area (Å²) in [5.41, 5.74) is 6.73. The Kier molecular flexibility index (Phi) is 5.22. The summed E-state index contributed by atoms with van der Waals surface area (Å²) in [5, 5.41) is 1.90. The molecule has 1 aromatic carbocycles. The van der Waals surface area contributed by atoms with Crippen LogP contribution in [0.1, 0.15) is 16.5 Å². The second kappa shape index (κ2) is 6.27. The zero-order chi connectivity index (χ0) is 13.2. The molecule has 2 nitrogen and oxygen atoms in total. The van der Waals surface area contributed by atoms with E-state index in [1.165, 1.54) is 35.6 Å². The average molecular weight is 310 g/mol. The van der Waals surface area contributed by atoms with Crippen molar-refractivity contribution in [1.29, 1.82) is 0 Å². The van der Waals surface area contributed by atoms with Crippen molar-refractivity contribution < 1.29 is 17.9 Å². The molecule has 104 valence electrons. The molecular weight excluding hydrogens is 299 g/mol. The van der Waals surface area contributed by atoms with Crippen molar-refractivity contribution in [2.75, 3.05) is 0 Å². The summed E-state index contributed by atoms with van der Waals surface area (Å²) in [4.78, 5) is 0.958. The molecule has 0 saturated heterocycles. The number of hydrogen-bond acceptors (Lipinski definition) is 3. The van der Waals surface area contributed by atoms with Crippen LogP contribution in [0.15, 0.2) is 41.8 Å². The molecule has 7 heteroatoms. The lowest BCUT2D eigenvalue weighted by atomic mass is 10.1. The van der Waals surface area contributed by atoms with Gasteiger partial charge in [0.1, 0.15) is 5.75 Å². The van der Waals surface area contributed by atoms with Crippen molar-refractivity contribution in [3.63, 3.8) is 0 Å². The number of ether oxygens (including phenoxy) is 1. The minimum absolute atomic E-state index is 0. The molecule has 2 rings (SSSR count). The van der Waals surface area contributed by atoms with E-state index in [1.807, 2.05) is 17.5 Å². The minimum Gasteiger partial charge on any atom is -0.406 e. The summed E-state index contributed by atoms with van der Waals surface area (Å²) in [7, 11) is 0. The second-order valence-corrected chi connectivity index (χ2v) is 4.59. The zero-order valence-corrected chi connectivity index (χ0v) is 11.2. The molecule has 0 aliphatic rings. The highest BCUT2D eigenvalue weighted by atomic mass is 35.5. The zero-order valence-electron chi connectivity index (χ0n) is 9.55. The molecule has 0 spiro atoms. The van der Waals surface area contributed by atoms with Gasteiger partial charge in [-0.05, 0) is 29.1 Å². The average Bonchev–Trinajstić information content (AvgIpc) is 2.80. The number of halogens is 4. The van der Waals surface area contributed by atoms with Gasteiger partial charge in [-0.15, -0.1) is 36.9 Å². The van der Waals surface area contributed by atoms with Gasteiger partial charge in [0, 0.05) is 4.88 Å². The Bertz CT molecular complexity index is 499. The highest BCUT2D eigenvalue weighted by Gasteiger charge is 2.31. The third-order valence-electron chi connectivity index (χ3n) is 2.32. The number of rotatable bonds is 3. The first kappa shape index (κ1) is 15.8. The van der Waals surface area contributed by atoms with E-state index in [1.54, 1.807) is 0 Å². The van der Waals surface area contributed by atoms with Gasteiger partial charge in [0.15, 0.2) is 0 Å². The van der Waals surface area contributed by atoms with E-state index in [0.717, 1.165) is 10.4 Å². The number of nitrogens with two attached hydrogens (primary N) is 1. The standard InChI is InChI=1S/C12H10F3NOS.ClH/c13-12(14,15)17-9-5-3-8(4-6-9)11(16)10-2-1-7-18-10;/h1-7,11H,16H2;1H/t11-;/m1./s1. The molecule has 2 aromatic rings. The van der Waals surface area contributed by atoms with Gasteiger partial charge in [-0.2, -0.15) is 0 Å². The van der Waals surface area contributed by atoms with Crippen molar-refractivity contribution in [2.24, 2.45) is 5.73 Å². The molecule has 0 amide bonds. The maximum Gasteiger partial charge on any atom is 0.573 e. The Hall–Kier alpha value is -1.24. The molecule has 1 atom stereocenters. The maximum absolute atomic E-state index is 12.0. The minimum atomic E-state index is -4.67. The summed E-state index contributed by atoms with van der Waals surface area (Å²) in [6.07, 6.45) is -4.67. The number of hydrogen-bond donors (Lipinski definition) is 1. The molecule has 0 aliphatic carbocycles. The van der Waals surface area contributed by atoms with Crippen LogP contribution in [0.2, 0.25) is 0 Å². The molecule has 0 radical (unpaired) electrons. The normalized spacial score (nSPS) is 12.6. The summed E-state index contributed by atoms with van der Waals surface area (Å²) in [6, 6.07) is 9.02. The fraction of sp³-hybridized carbons (Fsp3) is 0.167. The van der Waals surface area contributed by atoms with Crippen LogP contribution < -0.4 is 10.5 Å². The topological polar surface area (TPSA) is 35.2 Å². The summed E-state index contributed by atoms with van der Waals surface area (Å²) in [6.45, 7) is 0. The molecule has 1 aromatic heterocycles. The molecular formula is C12H11ClF3NOS. The second-order valence-electron chi connectivity index (χ2n) is 3.61. The largest absolute Gasteiger partial charge is 0.573 e. The Morgan fingerprint density at radius 3 is 2.21 bits per heavy atom. The lowest BCUT2D eigenvalue weighted by Crippen LogP contribution is -2.17. The number of alkyl halides is 3. The summed E-state index contributed by atoms with van der Waals surface area (Å²) in [5.74, 6) is -0.246. The van der Waals surface area contributed by atoms with E-state index in [4.69, 9.17) is 5.73 Å². The third kappa shape index (κ3) is 4.41. The quantitative estimate of drug-likeness (QED) is 0.925. The Balaban J connectivity index is 0.00000180. The molecule has 0 unspecified atom stereocenters. The summed E-state index contributed by atoms with van der Waals surface area (Å²) >= 11 is 1.50. The number of benzene rings is 1. The monoisotopic (exact) mass is 309 g/mol. The Labute approximate surface area is 118 Å². The molecule has 1 heterocycles. The van der Waals surface area contributed by atoms with Crippen LogP contribution in [-0.2, 0) is 0 Å². The lowest BCUT2D eigenvalue weighted by Gasteiger charge is -2.12. The van der Waals surface area contributed by atoms with Crippen LogP contribution in [0.5, 0.6) is 5.75 Å². The first-order chi connectivity index (χ1) is 8.46. The van der Waals surface area contributed by atoms with E-state index in [0.29, 0.717) is 0 Å². The van der Waals surface area contributed by atoms with E-state index >= 15 is 0 Å². The van der Waals surface area contributed by atoms with Crippen LogP contribution in [0.4, 0.5) is 13.2 Å². The van der Waals surface area contributed by atoms with Gasteiger partial charge in [-0.25, -0.2) is 0 Å². The lowest BCUT2D eigenvalue weighted by molar-refractivity contribution is -0.274. The predicted octanol–water partition coefficient (Wildman–Crippen LogP) is 4.12. The third-order valence-corrected chi connectivity index (χ3v) is 3.28. The smallest absolute Gasteiger partial charge is 0.406 e. The van der Waals surface area contributed by atoms with Gasteiger partial charge in [-0.3, -0.25) is 0 Å². The molecule has 0 aliphatic heterocycles. The fourth-order valence-corrected chi connectivity index (χ4v) is 2.26. The highest BCUT2D eigenvalue weighted by Crippen LogP contribution is 2.27. The van der Waals surface area contributed by atoms with E-state index in [2.05, 4.69) is 4.74 Å². The van der Waals surface area contributed by atoms with Crippen molar-refractivity contribution in [3.8, 4) is 5.75 Å². The van der Waals surface area contributed by atoms with E-state index < -0.39 is 6.36 Å². The SMILES string of the molecule is Cl.N[C@H](c1ccc(OC(F)(F)F)cc1)c1cccs1. The molecule has 0 fully saturated rings. The number of thiophene rings is 1. The van der Waals surface area contributed by atoms with Gasteiger partial charge >= 0.3 is 6.36 Å². The molecule has 19 heavy (non-hydrogen) atoms. The Morgan fingerprint density at radius 1 is 1.11 bits per heavy atom. The first-order valence-electron chi connectivity index (χ1n) is 5.10. The summed E-state index contributed by atoms with van der Waals surface area (Å²) < 4.78 is 39.7. The van der Waals surface area contributed by atoms with Gasteiger partial charge in [0.05, 0.1) is 6.04 Å². The Morgan fingerprint density at radius 2 is 1.74 bits per heavy atom. The molecule has 2 N–H and O–H groups in total.